The molecule has 3 atom stereocenters. The monoisotopic (exact) mass is 455 g/mol. The minimum atomic E-state index is -0.600. The number of nitrogens with one attached hydrogen (secondary N) is 1. The van der Waals surface area contributed by atoms with E-state index >= 15 is 0 Å². The number of benzene rings is 3. The third-order valence-electron chi connectivity index (χ3n) is 5.63. The summed E-state index contributed by atoms with van der Waals surface area (Å²) in [6, 6.07) is 20.8. The Bertz CT molecular complexity index is 1070. The van der Waals surface area contributed by atoms with Gasteiger partial charge in [-0.1, -0.05) is 65.7 Å². The molecule has 6 heteroatoms. The van der Waals surface area contributed by atoms with E-state index in [9.17, 15) is 4.79 Å². The second-order valence-corrected chi connectivity index (χ2v) is 8.25. The van der Waals surface area contributed by atoms with Crippen molar-refractivity contribution in [2.24, 2.45) is 0 Å². The summed E-state index contributed by atoms with van der Waals surface area (Å²) in [7, 11) is 1.64. The fraction of sp³-hybridized carbons (Fsp3) is 0.240. The van der Waals surface area contributed by atoms with Crippen molar-refractivity contribution >= 4 is 34.9 Å². The maximum Gasteiger partial charge on any atom is 0.329 e. The van der Waals surface area contributed by atoms with Gasteiger partial charge in [0, 0.05) is 33.1 Å². The molecule has 160 valence electrons. The van der Waals surface area contributed by atoms with Gasteiger partial charge in [0.25, 0.3) is 0 Å². The second kappa shape index (κ2) is 9.21. The average molecular weight is 456 g/mol. The van der Waals surface area contributed by atoms with Gasteiger partial charge in [-0.05, 0) is 42.3 Å². The summed E-state index contributed by atoms with van der Waals surface area (Å²) in [4.78, 5) is 13.1. The summed E-state index contributed by atoms with van der Waals surface area (Å²) in [6.07, 6.45) is 0. The topological polar surface area (TPSA) is 47.6 Å². The van der Waals surface area contributed by atoms with Crippen LogP contribution in [0.15, 0.2) is 66.7 Å². The van der Waals surface area contributed by atoms with E-state index in [2.05, 4.69) is 5.32 Å². The molecule has 0 saturated carbocycles. The molecule has 3 aromatic carbocycles. The van der Waals surface area contributed by atoms with E-state index in [0.29, 0.717) is 16.7 Å². The number of fused-ring (bicyclic) bond motifs is 1. The van der Waals surface area contributed by atoms with Crippen LogP contribution >= 0.6 is 23.2 Å². The largest absolute Gasteiger partial charge is 0.497 e. The Morgan fingerprint density at radius 3 is 2.35 bits per heavy atom. The van der Waals surface area contributed by atoms with Crippen LogP contribution in [0.1, 0.15) is 35.4 Å². The van der Waals surface area contributed by atoms with Gasteiger partial charge < -0.3 is 14.8 Å². The fourth-order valence-corrected chi connectivity index (χ4v) is 4.94. The van der Waals surface area contributed by atoms with E-state index in [-0.39, 0.29) is 17.8 Å². The predicted octanol–water partition coefficient (Wildman–Crippen LogP) is 6.27. The molecule has 3 aromatic rings. The molecule has 0 aromatic heterocycles. The van der Waals surface area contributed by atoms with Gasteiger partial charge in [-0.3, -0.25) is 0 Å². The van der Waals surface area contributed by atoms with Gasteiger partial charge in [0.1, 0.15) is 11.8 Å². The van der Waals surface area contributed by atoms with Crippen molar-refractivity contribution in [1.82, 2.24) is 0 Å². The summed E-state index contributed by atoms with van der Waals surface area (Å²) >= 11 is 13.0. The number of carbonyl (C=O) groups excluding carboxylic acids is 1. The van der Waals surface area contributed by atoms with Crippen LogP contribution in [0.4, 0.5) is 5.69 Å². The summed E-state index contributed by atoms with van der Waals surface area (Å²) in [6.45, 7) is 2.11. The van der Waals surface area contributed by atoms with Crippen molar-refractivity contribution in [3.8, 4) is 5.75 Å². The van der Waals surface area contributed by atoms with E-state index in [0.717, 1.165) is 28.1 Å². The molecule has 1 aliphatic heterocycles. The Morgan fingerprint density at radius 1 is 1.00 bits per heavy atom. The number of rotatable bonds is 5. The normalized spacial score (nSPS) is 19.8. The zero-order chi connectivity index (χ0) is 22.0. The molecular formula is C25H23Cl2NO3. The summed E-state index contributed by atoms with van der Waals surface area (Å²) in [5, 5.41) is 4.43. The van der Waals surface area contributed by atoms with Crippen molar-refractivity contribution in [2.75, 3.05) is 19.0 Å². The smallest absolute Gasteiger partial charge is 0.329 e. The first-order valence-corrected chi connectivity index (χ1v) is 10.9. The lowest BCUT2D eigenvalue weighted by Crippen LogP contribution is -2.43. The molecule has 0 bridgehead atoms. The summed E-state index contributed by atoms with van der Waals surface area (Å²) in [5.41, 5.74) is 3.69. The average Bonchev–Trinajstić information content (AvgIpc) is 2.78. The van der Waals surface area contributed by atoms with Crippen LogP contribution in [-0.2, 0) is 9.53 Å². The van der Waals surface area contributed by atoms with Crippen LogP contribution in [-0.4, -0.2) is 25.7 Å². The first kappa shape index (κ1) is 21.5. The van der Waals surface area contributed by atoms with Crippen molar-refractivity contribution < 1.29 is 14.3 Å². The van der Waals surface area contributed by atoms with E-state index in [1.54, 1.807) is 20.1 Å². The molecule has 0 radical (unpaired) electrons. The Balaban J connectivity index is 1.95. The molecule has 0 amide bonds. The molecule has 0 saturated heterocycles. The van der Waals surface area contributed by atoms with Gasteiger partial charge in [-0.2, -0.15) is 0 Å². The molecule has 4 rings (SSSR count). The molecule has 3 unspecified atom stereocenters. The summed E-state index contributed by atoms with van der Waals surface area (Å²) < 4.78 is 10.8. The van der Waals surface area contributed by atoms with Crippen LogP contribution < -0.4 is 10.1 Å². The van der Waals surface area contributed by atoms with Gasteiger partial charge in [-0.25, -0.2) is 4.79 Å². The van der Waals surface area contributed by atoms with E-state index in [1.807, 2.05) is 60.7 Å². The molecule has 1 aliphatic rings. The number of esters is 1. The number of methoxy groups -OCH3 is 1. The van der Waals surface area contributed by atoms with Crippen LogP contribution in [0.3, 0.4) is 0 Å². The van der Waals surface area contributed by atoms with Gasteiger partial charge in [0.05, 0.1) is 13.7 Å². The highest BCUT2D eigenvalue weighted by Gasteiger charge is 2.43. The lowest BCUT2D eigenvalue weighted by Gasteiger charge is -2.40. The van der Waals surface area contributed by atoms with E-state index < -0.39 is 6.04 Å². The van der Waals surface area contributed by atoms with Crippen LogP contribution in [0.5, 0.6) is 5.75 Å². The Kier molecular flexibility index (Phi) is 6.40. The molecule has 1 heterocycles. The highest BCUT2D eigenvalue weighted by atomic mass is 35.5. The van der Waals surface area contributed by atoms with Crippen molar-refractivity contribution in [3.63, 3.8) is 0 Å². The molecule has 0 fully saturated rings. The molecule has 0 aliphatic carbocycles. The zero-order valence-electron chi connectivity index (χ0n) is 17.3. The van der Waals surface area contributed by atoms with Crippen LogP contribution in [0.25, 0.3) is 0 Å². The Hall–Kier alpha value is -2.69. The lowest BCUT2D eigenvalue weighted by molar-refractivity contribution is -0.144. The van der Waals surface area contributed by atoms with Gasteiger partial charge in [0.2, 0.25) is 0 Å². The zero-order valence-corrected chi connectivity index (χ0v) is 18.8. The second-order valence-electron chi connectivity index (χ2n) is 7.41. The molecule has 31 heavy (non-hydrogen) atoms. The predicted molar refractivity (Wildman–Crippen MR) is 125 cm³/mol. The van der Waals surface area contributed by atoms with Gasteiger partial charge >= 0.3 is 5.97 Å². The van der Waals surface area contributed by atoms with Crippen LogP contribution in [0, 0.1) is 0 Å². The maximum atomic E-state index is 13.1. The van der Waals surface area contributed by atoms with Crippen molar-refractivity contribution in [1.29, 1.82) is 0 Å². The SMILES string of the molecule is CCOC(=O)C1Nc2cc(Cl)cc(Cl)c2C(c2ccc(OC)cc2)C1c1ccccc1. The van der Waals surface area contributed by atoms with Gasteiger partial charge in [-0.15, -0.1) is 0 Å². The van der Waals surface area contributed by atoms with Crippen molar-refractivity contribution in [3.05, 3.63) is 93.5 Å². The van der Waals surface area contributed by atoms with E-state index in [1.165, 1.54) is 0 Å². The molecule has 0 spiro atoms. The van der Waals surface area contributed by atoms with Gasteiger partial charge in [0.15, 0.2) is 0 Å². The summed E-state index contributed by atoms with van der Waals surface area (Å²) in [5.74, 6) is 0.0264. The van der Waals surface area contributed by atoms with E-state index in [4.69, 9.17) is 32.7 Å². The third kappa shape index (κ3) is 4.23. The minimum absolute atomic E-state index is 0.191. The first-order valence-electron chi connectivity index (χ1n) is 10.1. The number of hydrogen-bond acceptors (Lipinski definition) is 4. The third-order valence-corrected chi connectivity index (χ3v) is 6.17. The number of anilines is 1. The number of ether oxygens (including phenoxy) is 2. The molecular weight excluding hydrogens is 433 g/mol. The van der Waals surface area contributed by atoms with Crippen LogP contribution in [0.2, 0.25) is 10.0 Å². The number of halogens is 2. The molecule has 1 N–H and O–H groups in total. The standard InChI is InChI=1S/C25H23Cl2NO3/c1-3-31-25(29)24-22(15-7-5-4-6-8-15)21(16-9-11-18(30-2)12-10-16)23-19(27)13-17(26)14-20(23)28-24/h4-14,21-22,24,28H,3H2,1-2H3. The highest BCUT2D eigenvalue weighted by molar-refractivity contribution is 6.35. The minimum Gasteiger partial charge on any atom is -0.497 e. The maximum absolute atomic E-state index is 13.1. The Labute approximate surface area is 192 Å². The Morgan fingerprint density at radius 2 is 1.71 bits per heavy atom. The van der Waals surface area contributed by atoms with Crippen molar-refractivity contribution in [2.45, 2.75) is 24.8 Å². The molecule has 4 nitrogen and oxygen atoms in total. The number of hydrogen-bond donors (Lipinski definition) is 1. The number of carbonyl (C=O) groups is 1. The fourth-order valence-electron chi connectivity index (χ4n) is 4.33. The first-order chi connectivity index (χ1) is 15.0. The highest BCUT2D eigenvalue weighted by Crippen LogP contribution is 2.51. The quantitative estimate of drug-likeness (QED) is 0.460. The lowest BCUT2D eigenvalue weighted by atomic mass is 9.70.